The van der Waals surface area contributed by atoms with Crippen molar-refractivity contribution in [3.8, 4) is 17.1 Å². The highest BCUT2D eigenvalue weighted by atomic mass is 16.5. The van der Waals surface area contributed by atoms with Crippen molar-refractivity contribution in [3.63, 3.8) is 0 Å². The number of rotatable bonds is 5. The Balaban J connectivity index is 1.84. The number of benzene rings is 2. The van der Waals surface area contributed by atoms with Crippen LogP contribution in [0.2, 0.25) is 0 Å². The van der Waals surface area contributed by atoms with Crippen LogP contribution in [0.3, 0.4) is 0 Å². The summed E-state index contributed by atoms with van der Waals surface area (Å²) >= 11 is 0. The highest BCUT2D eigenvalue weighted by Gasteiger charge is 2.16. The number of nitrogens with zero attached hydrogens (tertiary/aromatic N) is 2. The minimum absolute atomic E-state index is 0.143. The van der Waals surface area contributed by atoms with Crippen LogP contribution in [-0.2, 0) is 6.42 Å². The molecule has 3 aromatic rings. The van der Waals surface area contributed by atoms with Gasteiger partial charge >= 0.3 is 5.97 Å². The van der Waals surface area contributed by atoms with Gasteiger partial charge in [0.1, 0.15) is 5.75 Å². The lowest BCUT2D eigenvalue weighted by Crippen LogP contribution is -1.99. The van der Waals surface area contributed by atoms with Gasteiger partial charge in [-0.3, -0.25) is 0 Å². The molecule has 2 aromatic carbocycles. The summed E-state index contributed by atoms with van der Waals surface area (Å²) in [6, 6.07) is 14.1. The Kier molecular flexibility index (Phi) is 4.05. The molecule has 0 atom stereocenters. The van der Waals surface area contributed by atoms with Gasteiger partial charge in [-0.2, -0.15) is 4.98 Å². The Bertz CT molecular complexity index is 825. The van der Waals surface area contributed by atoms with Crippen molar-refractivity contribution in [2.45, 2.75) is 6.42 Å². The molecule has 0 radical (unpaired) electrons. The Morgan fingerprint density at radius 2 is 1.91 bits per heavy atom. The van der Waals surface area contributed by atoms with Crippen LogP contribution < -0.4 is 4.74 Å². The van der Waals surface area contributed by atoms with Gasteiger partial charge in [-0.05, 0) is 23.8 Å². The molecular weight excluding hydrogens is 296 g/mol. The van der Waals surface area contributed by atoms with Gasteiger partial charge in [-0.1, -0.05) is 35.5 Å². The number of hydrogen-bond donors (Lipinski definition) is 1. The average molecular weight is 310 g/mol. The van der Waals surface area contributed by atoms with E-state index in [4.69, 9.17) is 9.26 Å². The lowest BCUT2D eigenvalue weighted by atomic mass is 10.1. The van der Waals surface area contributed by atoms with Crippen molar-refractivity contribution < 1.29 is 19.2 Å². The summed E-state index contributed by atoms with van der Waals surface area (Å²) in [5.74, 6) is 0.439. The molecule has 0 spiro atoms. The average Bonchev–Trinajstić information content (AvgIpc) is 3.04. The molecule has 116 valence electrons. The van der Waals surface area contributed by atoms with E-state index in [1.807, 2.05) is 24.3 Å². The molecule has 0 amide bonds. The van der Waals surface area contributed by atoms with Gasteiger partial charge in [0.25, 0.3) is 0 Å². The quantitative estimate of drug-likeness (QED) is 0.779. The van der Waals surface area contributed by atoms with Gasteiger partial charge in [0.05, 0.1) is 19.1 Å². The number of methoxy groups -OCH3 is 1. The fourth-order valence-corrected chi connectivity index (χ4v) is 2.22. The molecule has 6 nitrogen and oxygen atoms in total. The van der Waals surface area contributed by atoms with Crippen molar-refractivity contribution >= 4 is 5.97 Å². The SMILES string of the molecule is COc1ccc(Cc2nc(-c3ccccc3C(=O)O)no2)cc1. The van der Waals surface area contributed by atoms with Crippen LogP contribution >= 0.6 is 0 Å². The highest BCUT2D eigenvalue weighted by molar-refractivity contribution is 5.94. The van der Waals surface area contributed by atoms with E-state index in [0.717, 1.165) is 11.3 Å². The van der Waals surface area contributed by atoms with E-state index in [-0.39, 0.29) is 11.4 Å². The second-order valence-electron chi connectivity index (χ2n) is 4.89. The van der Waals surface area contributed by atoms with Crippen molar-refractivity contribution in [2.75, 3.05) is 7.11 Å². The first-order valence-corrected chi connectivity index (χ1v) is 6.95. The summed E-state index contributed by atoms with van der Waals surface area (Å²) in [6.45, 7) is 0. The van der Waals surface area contributed by atoms with Crippen molar-refractivity contribution in [2.24, 2.45) is 0 Å². The summed E-state index contributed by atoms with van der Waals surface area (Å²) in [6.07, 6.45) is 0.465. The zero-order chi connectivity index (χ0) is 16.2. The summed E-state index contributed by atoms with van der Waals surface area (Å²) in [4.78, 5) is 15.5. The molecule has 0 aliphatic carbocycles. The number of hydrogen-bond acceptors (Lipinski definition) is 5. The second-order valence-corrected chi connectivity index (χ2v) is 4.89. The van der Waals surface area contributed by atoms with E-state index in [1.165, 1.54) is 6.07 Å². The number of carbonyl (C=O) groups is 1. The first-order valence-electron chi connectivity index (χ1n) is 6.95. The molecule has 1 aromatic heterocycles. The van der Waals surface area contributed by atoms with Gasteiger partial charge in [0.15, 0.2) is 0 Å². The summed E-state index contributed by atoms with van der Waals surface area (Å²) in [7, 11) is 1.61. The van der Waals surface area contributed by atoms with E-state index in [1.54, 1.807) is 25.3 Å². The molecular formula is C17H14N2O4. The van der Waals surface area contributed by atoms with Gasteiger partial charge < -0.3 is 14.4 Å². The number of ether oxygens (including phenoxy) is 1. The van der Waals surface area contributed by atoms with Crippen LogP contribution in [0.5, 0.6) is 5.75 Å². The van der Waals surface area contributed by atoms with Crippen molar-refractivity contribution in [1.82, 2.24) is 10.1 Å². The van der Waals surface area contributed by atoms with E-state index in [2.05, 4.69) is 10.1 Å². The third-order valence-corrected chi connectivity index (χ3v) is 3.38. The van der Waals surface area contributed by atoms with Crippen LogP contribution in [0, 0.1) is 0 Å². The molecule has 0 saturated heterocycles. The maximum absolute atomic E-state index is 11.3. The molecule has 1 heterocycles. The number of carboxylic acids is 1. The summed E-state index contributed by atoms with van der Waals surface area (Å²) in [5, 5.41) is 13.1. The number of carboxylic acid groups (broad SMARTS) is 1. The fraction of sp³-hybridized carbons (Fsp3) is 0.118. The van der Waals surface area contributed by atoms with Gasteiger partial charge in [0.2, 0.25) is 11.7 Å². The first kappa shape index (κ1) is 14.8. The molecule has 0 aliphatic heterocycles. The third-order valence-electron chi connectivity index (χ3n) is 3.38. The maximum atomic E-state index is 11.3. The minimum atomic E-state index is -1.03. The van der Waals surface area contributed by atoms with Gasteiger partial charge in [0, 0.05) is 5.56 Å². The van der Waals surface area contributed by atoms with E-state index >= 15 is 0 Å². The normalized spacial score (nSPS) is 10.5. The topological polar surface area (TPSA) is 85.5 Å². The standard InChI is InChI=1S/C17H14N2O4/c1-22-12-8-6-11(7-9-12)10-15-18-16(19-23-15)13-4-2-3-5-14(13)17(20)21/h2-9H,10H2,1H3,(H,20,21). The maximum Gasteiger partial charge on any atom is 0.336 e. The monoisotopic (exact) mass is 310 g/mol. The highest BCUT2D eigenvalue weighted by Crippen LogP contribution is 2.22. The van der Waals surface area contributed by atoms with E-state index in [9.17, 15) is 9.90 Å². The molecule has 23 heavy (non-hydrogen) atoms. The van der Waals surface area contributed by atoms with Crippen molar-refractivity contribution in [3.05, 3.63) is 65.5 Å². The molecule has 0 bridgehead atoms. The molecule has 3 rings (SSSR count). The summed E-state index contributed by atoms with van der Waals surface area (Å²) < 4.78 is 10.3. The van der Waals surface area contributed by atoms with Crippen LogP contribution in [-0.4, -0.2) is 28.3 Å². The zero-order valence-electron chi connectivity index (χ0n) is 12.4. The Labute approximate surface area is 132 Å². The van der Waals surface area contributed by atoms with Crippen molar-refractivity contribution in [1.29, 1.82) is 0 Å². The van der Waals surface area contributed by atoms with Crippen LogP contribution in [0.1, 0.15) is 21.8 Å². The molecule has 6 heteroatoms. The molecule has 0 fully saturated rings. The lowest BCUT2D eigenvalue weighted by molar-refractivity contribution is 0.0697. The van der Waals surface area contributed by atoms with Crippen LogP contribution in [0.4, 0.5) is 0 Å². The fourth-order valence-electron chi connectivity index (χ4n) is 2.22. The molecule has 0 saturated carbocycles. The third kappa shape index (κ3) is 3.21. The second kappa shape index (κ2) is 6.31. The largest absolute Gasteiger partial charge is 0.497 e. The van der Waals surface area contributed by atoms with Crippen LogP contribution in [0.15, 0.2) is 53.1 Å². The van der Waals surface area contributed by atoms with Gasteiger partial charge in [-0.15, -0.1) is 0 Å². The minimum Gasteiger partial charge on any atom is -0.497 e. The predicted octanol–water partition coefficient (Wildman–Crippen LogP) is 3.03. The Hall–Kier alpha value is -3.15. The Morgan fingerprint density at radius 3 is 2.61 bits per heavy atom. The first-order chi connectivity index (χ1) is 11.2. The van der Waals surface area contributed by atoms with E-state index in [0.29, 0.717) is 17.9 Å². The Morgan fingerprint density at radius 1 is 1.17 bits per heavy atom. The zero-order valence-corrected chi connectivity index (χ0v) is 12.4. The van der Waals surface area contributed by atoms with E-state index < -0.39 is 5.97 Å². The molecule has 1 N–H and O–H groups in total. The smallest absolute Gasteiger partial charge is 0.336 e. The molecule has 0 aliphatic rings. The lowest BCUT2D eigenvalue weighted by Gasteiger charge is -2.01. The number of aromatic nitrogens is 2. The van der Waals surface area contributed by atoms with Crippen LogP contribution in [0.25, 0.3) is 11.4 Å². The number of aromatic carboxylic acids is 1. The van der Waals surface area contributed by atoms with Gasteiger partial charge in [-0.25, -0.2) is 4.79 Å². The summed E-state index contributed by atoms with van der Waals surface area (Å²) in [5.41, 5.74) is 1.57. The molecule has 0 unspecified atom stereocenters. The predicted molar refractivity (Wildman–Crippen MR) is 82.5 cm³/mol.